The van der Waals surface area contributed by atoms with Gasteiger partial charge in [0.25, 0.3) is 0 Å². The van der Waals surface area contributed by atoms with Gasteiger partial charge >= 0.3 is 0 Å². The summed E-state index contributed by atoms with van der Waals surface area (Å²) in [4.78, 5) is 16.5. The lowest BCUT2D eigenvalue weighted by Gasteiger charge is -2.31. The van der Waals surface area contributed by atoms with Crippen molar-refractivity contribution in [3.63, 3.8) is 0 Å². The van der Waals surface area contributed by atoms with Crippen molar-refractivity contribution in [2.75, 3.05) is 0 Å². The Kier molecular flexibility index (Phi) is 4.98. The standard InChI is InChI=1S/C17H22ClN3O/c18-13-6-4-12(5-7-13)2-1-3-17(22)21-14-8-9-15-16(10-14)20-11-19-15/h4-7,11,14-16H,1-3,8-10H2,(H,19,20)(H,21,22). The number of benzene rings is 1. The van der Waals surface area contributed by atoms with Gasteiger partial charge in [0.15, 0.2) is 0 Å². The molecule has 2 aliphatic rings. The molecule has 1 aromatic rings. The topological polar surface area (TPSA) is 53.5 Å². The zero-order chi connectivity index (χ0) is 15.4. The Balaban J connectivity index is 1.36. The van der Waals surface area contributed by atoms with Crippen molar-refractivity contribution in [1.82, 2.24) is 10.6 Å². The van der Waals surface area contributed by atoms with Crippen LogP contribution in [0.2, 0.25) is 5.02 Å². The fourth-order valence-electron chi connectivity index (χ4n) is 3.28. The molecule has 1 heterocycles. The van der Waals surface area contributed by atoms with Crippen molar-refractivity contribution in [3.05, 3.63) is 34.9 Å². The fraction of sp³-hybridized carbons (Fsp3) is 0.529. The summed E-state index contributed by atoms with van der Waals surface area (Å²) in [5.41, 5.74) is 1.23. The molecule has 0 aromatic heterocycles. The number of hydrogen-bond donors (Lipinski definition) is 2. The molecule has 1 aliphatic heterocycles. The van der Waals surface area contributed by atoms with E-state index in [1.54, 1.807) is 0 Å². The monoisotopic (exact) mass is 319 g/mol. The lowest BCUT2D eigenvalue weighted by molar-refractivity contribution is -0.122. The van der Waals surface area contributed by atoms with Gasteiger partial charge in [0, 0.05) is 17.5 Å². The smallest absolute Gasteiger partial charge is 0.220 e. The summed E-state index contributed by atoms with van der Waals surface area (Å²) >= 11 is 5.86. The minimum Gasteiger partial charge on any atom is -0.371 e. The predicted molar refractivity (Wildman–Crippen MR) is 89.4 cm³/mol. The molecule has 3 rings (SSSR count). The Morgan fingerprint density at radius 3 is 2.95 bits per heavy atom. The van der Waals surface area contributed by atoms with E-state index in [-0.39, 0.29) is 5.91 Å². The first-order valence-corrected chi connectivity index (χ1v) is 8.40. The highest BCUT2D eigenvalue weighted by molar-refractivity contribution is 6.30. The Labute approximate surface area is 136 Å². The van der Waals surface area contributed by atoms with Crippen molar-refractivity contribution in [3.8, 4) is 0 Å². The highest BCUT2D eigenvalue weighted by Gasteiger charge is 2.32. The number of rotatable bonds is 5. The molecule has 5 heteroatoms. The molecule has 4 nitrogen and oxygen atoms in total. The number of aliphatic imine (C=N–C) groups is 1. The normalized spacial score (nSPS) is 26.3. The van der Waals surface area contributed by atoms with Crippen LogP contribution in [0.4, 0.5) is 0 Å². The summed E-state index contributed by atoms with van der Waals surface area (Å²) < 4.78 is 0. The van der Waals surface area contributed by atoms with Crippen LogP contribution in [0.1, 0.15) is 37.7 Å². The summed E-state index contributed by atoms with van der Waals surface area (Å²) in [5, 5.41) is 7.20. The van der Waals surface area contributed by atoms with E-state index in [2.05, 4.69) is 15.6 Å². The molecular weight excluding hydrogens is 298 g/mol. The summed E-state index contributed by atoms with van der Waals surface area (Å²) in [6.45, 7) is 0. The van der Waals surface area contributed by atoms with Crippen molar-refractivity contribution < 1.29 is 4.79 Å². The van der Waals surface area contributed by atoms with Crippen LogP contribution in [-0.4, -0.2) is 30.4 Å². The number of amides is 1. The van der Waals surface area contributed by atoms with Crippen LogP contribution < -0.4 is 10.6 Å². The third-order valence-electron chi connectivity index (χ3n) is 4.52. The summed E-state index contributed by atoms with van der Waals surface area (Å²) in [6.07, 6.45) is 7.24. The van der Waals surface area contributed by atoms with E-state index in [0.717, 1.165) is 37.1 Å². The van der Waals surface area contributed by atoms with Gasteiger partial charge in [0.05, 0.1) is 18.4 Å². The Morgan fingerprint density at radius 2 is 2.14 bits per heavy atom. The largest absolute Gasteiger partial charge is 0.371 e. The molecule has 22 heavy (non-hydrogen) atoms. The van der Waals surface area contributed by atoms with Gasteiger partial charge in [-0.2, -0.15) is 0 Å². The minimum absolute atomic E-state index is 0.163. The number of carbonyl (C=O) groups is 1. The molecule has 1 saturated carbocycles. The van der Waals surface area contributed by atoms with Gasteiger partial charge in [-0.25, -0.2) is 0 Å². The number of nitrogens with zero attached hydrogens (tertiary/aromatic N) is 1. The molecule has 0 bridgehead atoms. The predicted octanol–water partition coefficient (Wildman–Crippen LogP) is 2.70. The van der Waals surface area contributed by atoms with Gasteiger partial charge < -0.3 is 10.6 Å². The van der Waals surface area contributed by atoms with E-state index in [1.165, 1.54) is 5.56 Å². The molecule has 1 fully saturated rings. The maximum Gasteiger partial charge on any atom is 0.220 e. The number of fused-ring (bicyclic) bond motifs is 1. The van der Waals surface area contributed by atoms with Crippen LogP contribution in [0.25, 0.3) is 0 Å². The molecule has 0 radical (unpaired) electrons. The summed E-state index contributed by atoms with van der Waals surface area (Å²) in [7, 11) is 0. The molecule has 118 valence electrons. The second-order valence-corrected chi connectivity index (χ2v) is 6.61. The van der Waals surface area contributed by atoms with E-state index in [4.69, 9.17) is 11.6 Å². The van der Waals surface area contributed by atoms with Crippen LogP contribution in [0, 0.1) is 0 Å². The Morgan fingerprint density at radius 1 is 1.32 bits per heavy atom. The average molecular weight is 320 g/mol. The number of aryl methyl sites for hydroxylation is 1. The first-order valence-electron chi connectivity index (χ1n) is 8.02. The molecule has 1 aliphatic carbocycles. The molecule has 3 atom stereocenters. The van der Waals surface area contributed by atoms with E-state index < -0.39 is 0 Å². The second kappa shape index (κ2) is 7.14. The van der Waals surface area contributed by atoms with Gasteiger partial charge in [-0.05, 0) is 49.8 Å². The van der Waals surface area contributed by atoms with E-state index in [1.807, 2.05) is 30.6 Å². The highest BCUT2D eigenvalue weighted by Crippen LogP contribution is 2.24. The van der Waals surface area contributed by atoms with Gasteiger partial charge in [-0.3, -0.25) is 9.79 Å². The van der Waals surface area contributed by atoms with E-state index >= 15 is 0 Å². The van der Waals surface area contributed by atoms with Crippen molar-refractivity contribution in [1.29, 1.82) is 0 Å². The molecule has 2 N–H and O–H groups in total. The van der Waals surface area contributed by atoms with Crippen molar-refractivity contribution >= 4 is 23.8 Å². The lowest BCUT2D eigenvalue weighted by Crippen LogP contribution is -2.46. The average Bonchev–Trinajstić information content (AvgIpc) is 2.97. The zero-order valence-electron chi connectivity index (χ0n) is 12.6. The second-order valence-electron chi connectivity index (χ2n) is 6.18. The SMILES string of the molecule is O=C(CCCc1ccc(Cl)cc1)NC1CCC2N=CNC2C1. The van der Waals surface area contributed by atoms with Gasteiger partial charge in [-0.15, -0.1) is 0 Å². The molecular formula is C17H22ClN3O. The van der Waals surface area contributed by atoms with Crippen molar-refractivity contribution in [2.24, 2.45) is 4.99 Å². The fourth-order valence-corrected chi connectivity index (χ4v) is 3.41. The number of nitrogens with one attached hydrogen (secondary N) is 2. The molecule has 1 aromatic carbocycles. The van der Waals surface area contributed by atoms with Crippen molar-refractivity contribution in [2.45, 2.75) is 56.7 Å². The third kappa shape index (κ3) is 4.01. The van der Waals surface area contributed by atoms with Crippen LogP contribution in [0.5, 0.6) is 0 Å². The van der Waals surface area contributed by atoms with E-state index in [9.17, 15) is 4.79 Å². The minimum atomic E-state index is 0.163. The Hall–Kier alpha value is -1.55. The molecule has 3 unspecified atom stereocenters. The number of carbonyl (C=O) groups excluding carboxylic acids is 1. The molecule has 1 amide bonds. The first kappa shape index (κ1) is 15.3. The number of hydrogen-bond acceptors (Lipinski definition) is 3. The number of halogens is 1. The molecule has 0 spiro atoms. The summed E-state index contributed by atoms with van der Waals surface area (Å²) in [5.74, 6) is 0.163. The van der Waals surface area contributed by atoms with Crippen LogP contribution in [-0.2, 0) is 11.2 Å². The quantitative estimate of drug-likeness (QED) is 0.876. The van der Waals surface area contributed by atoms with Gasteiger partial charge in [-0.1, -0.05) is 23.7 Å². The van der Waals surface area contributed by atoms with Gasteiger partial charge in [0.1, 0.15) is 0 Å². The maximum absolute atomic E-state index is 12.1. The van der Waals surface area contributed by atoms with E-state index in [0.29, 0.717) is 24.5 Å². The zero-order valence-corrected chi connectivity index (χ0v) is 13.4. The maximum atomic E-state index is 12.1. The highest BCUT2D eigenvalue weighted by atomic mass is 35.5. The third-order valence-corrected chi connectivity index (χ3v) is 4.77. The first-order chi connectivity index (χ1) is 10.7. The van der Waals surface area contributed by atoms with Gasteiger partial charge in [0.2, 0.25) is 5.91 Å². The molecule has 0 saturated heterocycles. The lowest BCUT2D eigenvalue weighted by atomic mass is 9.87. The van der Waals surface area contributed by atoms with Crippen LogP contribution in [0.3, 0.4) is 0 Å². The Bertz CT molecular complexity index is 543. The summed E-state index contributed by atoms with van der Waals surface area (Å²) in [6, 6.07) is 8.95. The van der Waals surface area contributed by atoms with Crippen LogP contribution >= 0.6 is 11.6 Å². The van der Waals surface area contributed by atoms with Crippen LogP contribution in [0.15, 0.2) is 29.3 Å².